The van der Waals surface area contributed by atoms with Crippen molar-refractivity contribution in [2.75, 3.05) is 25.6 Å². The molecular weight excluding hydrogens is 320 g/mol. The van der Waals surface area contributed by atoms with E-state index < -0.39 is 9.04 Å². The Morgan fingerprint density at radius 1 is 1.25 bits per heavy atom. The molecule has 128 valence electrons. The first-order chi connectivity index (χ1) is 11.4. The van der Waals surface area contributed by atoms with Crippen LogP contribution in [-0.4, -0.2) is 39.1 Å². The Balaban J connectivity index is 2.67. The van der Waals surface area contributed by atoms with Crippen LogP contribution in [0.1, 0.15) is 13.8 Å². The maximum atomic E-state index is 12.3. The van der Waals surface area contributed by atoms with Gasteiger partial charge in [-0.2, -0.15) is 0 Å². The molecule has 1 heterocycles. The minimum Gasteiger partial charge on any atom is -0.493 e. The summed E-state index contributed by atoms with van der Waals surface area (Å²) in [6.45, 7) is 4.49. The van der Waals surface area contributed by atoms with Crippen LogP contribution in [-0.2, 0) is 7.05 Å². The molecule has 0 saturated heterocycles. The van der Waals surface area contributed by atoms with Crippen molar-refractivity contribution in [2.24, 2.45) is 7.05 Å². The number of hydrogen-bond donors (Lipinski definition) is 1. The molecule has 2 rings (SSSR count). The van der Waals surface area contributed by atoms with E-state index in [1.807, 2.05) is 63.3 Å². The van der Waals surface area contributed by atoms with Crippen LogP contribution < -0.4 is 20.4 Å². The second-order valence-electron chi connectivity index (χ2n) is 5.87. The average Bonchev–Trinajstić information content (AvgIpc) is 2.56. The molecule has 0 fully saturated rings. The van der Waals surface area contributed by atoms with Gasteiger partial charge in [-0.05, 0) is 38.1 Å². The number of aryl methyl sites for hydroxylation is 1. The quantitative estimate of drug-likeness (QED) is 0.810. The highest BCUT2D eigenvalue weighted by Gasteiger charge is 2.26. The van der Waals surface area contributed by atoms with Crippen molar-refractivity contribution >= 4 is 19.9 Å². The summed E-state index contributed by atoms with van der Waals surface area (Å²) in [5.74, 6) is 0.760. The molecule has 2 aromatic rings. The number of rotatable bonds is 6. The van der Waals surface area contributed by atoms with E-state index in [-0.39, 0.29) is 5.56 Å². The van der Waals surface area contributed by atoms with E-state index in [1.165, 1.54) is 0 Å². The summed E-state index contributed by atoms with van der Waals surface area (Å²) in [5.41, 5.74) is 2.38. The van der Waals surface area contributed by atoms with Gasteiger partial charge in [-0.25, -0.2) is 4.80 Å². The third kappa shape index (κ3) is 3.71. The van der Waals surface area contributed by atoms with Crippen LogP contribution in [0.2, 0.25) is 6.04 Å². The monoisotopic (exact) mass is 345 g/mol. The SMILES string of the molecule is CCOc1ccc([Si+](O)CC)cc1-c1cc(N(C)C)c(=O)n(C)c1. The van der Waals surface area contributed by atoms with Gasteiger partial charge in [0.15, 0.2) is 0 Å². The fourth-order valence-electron chi connectivity index (χ4n) is 2.58. The van der Waals surface area contributed by atoms with E-state index >= 15 is 0 Å². The maximum Gasteiger partial charge on any atom is 0.508 e. The second-order valence-corrected chi connectivity index (χ2v) is 8.05. The van der Waals surface area contributed by atoms with Gasteiger partial charge in [0.2, 0.25) is 0 Å². The van der Waals surface area contributed by atoms with Gasteiger partial charge < -0.3 is 14.2 Å². The van der Waals surface area contributed by atoms with E-state index in [0.717, 1.165) is 28.1 Å². The second kappa shape index (κ2) is 7.68. The minimum atomic E-state index is -1.55. The fraction of sp³-hybridized carbons (Fsp3) is 0.389. The molecule has 0 aliphatic rings. The van der Waals surface area contributed by atoms with E-state index in [0.29, 0.717) is 12.3 Å². The lowest BCUT2D eigenvalue weighted by Gasteiger charge is -2.16. The predicted octanol–water partition coefficient (Wildman–Crippen LogP) is 1.73. The summed E-state index contributed by atoms with van der Waals surface area (Å²) in [7, 11) is 3.91. The molecule has 0 spiro atoms. The number of ether oxygens (including phenoxy) is 1. The van der Waals surface area contributed by atoms with Crippen LogP contribution in [0.5, 0.6) is 5.75 Å². The molecule has 0 radical (unpaired) electrons. The smallest absolute Gasteiger partial charge is 0.493 e. The van der Waals surface area contributed by atoms with Gasteiger partial charge in [-0.3, -0.25) is 4.79 Å². The zero-order valence-electron chi connectivity index (χ0n) is 15.0. The Bertz CT molecular complexity index is 771. The van der Waals surface area contributed by atoms with E-state index in [1.54, 1.807) is 11.6 Å². The number of nitrogens with zero attached hydrogens (tertiary/aromatic N) is 2. The molecule has 6 heteroatoms. The average molecular weight is 345 g/mol. The Hall–Kier alpha value is -2.05. The van der Waals surface area contributed by atoms with Crippen LogP contribution >= 0.6 is 0 Å². The molecule has 0 atom stereocenters. The molecular formula is C18H25N2O3Si+. The fourth-order valence-corrected chi connectivity index (χ4v) is 3.58. The van der Waals surface area contributed by atoms with Crippen LogP contribution in [0.15, 0.2) is 35.3 Å². The lowest BCUT2D eigenvalue weighted by atomic mass is 10.1. The number of anilines is 1. The van der Waals surface area contributed by atoms with Gasteiger partial charge in [-0.15, -0.1) is 0 Å². The molecule has 0 saturated carbocycles. The molecule has 24 heavy (non-hydrogen) atoms. The van der Waals surface area contributed by atoms with E-state index in [4.69, 9.17) is 4.74 Å². The highest BCUT2D eigenvalue weighted by atomic mass is 28.3. The first-order valence-corrected chi connectivity index (χ1v) is 9.74. The van der Waals surface area contributed by atoms with Crippen LogP contribution in [0, 0.1) is 0 Å². The molecule has 1 N–H and O–H groups in total. The van der Waals surface area contributed by atoms with Crippen molar-refractivity contribution in [2.45, 2.75) is 19.9 Å². The molecule has 1 aromatic heterocycles. The first-order valence-electron chi connectivity index (χ1n) is 8.09. The van der Waals surface area contributed by atoms with Gasteiger partial charge >= 0.3 is 9.04 Å². The van der Waals surface area contributed by atoms with E-state index in [9.17, 15) is 9.59 Å². The van der Waals surface area contributed by atoms with Crippen LogP contribution in [0.3, 0.4) is 0 Å². The van der Waals surface area contributed by atoms with Crippen molar-refractivity contribution < 1.29 is 9.53 Å². The van der Waals surface area contributed by atoms with Crippen molar-refractivity contribution in [1.82, 2.24) is 4.57 Å². The van der Waals surface area contributed by atoms with Crippen molar-refractivity contribution in [3.63, 3.8) is 0 Å². The zero-order chi connectivity index (χ0) is 17.9. The summed E-state index contributed by atoms with van der Waals surface area (Å²) in [4.78, 5) is 24.4. The van der Waals surface area contributed by atoms with Gasteiger partial charge in [-0.1, -0.05) is 0 Å². The van der Waals surface area contributed by atoms with Crippen molar-refractivity contribution in [3.05, 3.63) is 40.8 Å². The Labute approximate surface area is 144 Å². The number of hydrogen-bond acceptors (Lipinski definition) is 4. The summed E-state index contributed by atoms with van der Waals surface area (Å²) in [5, 5.41) is 0.946. The Morgan fingerprint density at radius 2 is 1.96 bits per heavy atom. The Morgan fingerprint density at radius 3 is 2.54 bits per heavy atom. The molecule has 0 aliphatic carbocycles. The molecule has 5 nitrogen and oxygen atoms in total. The molecule has 0 unspecified atom stereocenters. The highest BCUT2D eigenvalue weighted by molar-refractivity contribution is 6.66. The van der Waals surface area contributed by atoms with Gasteiger partial charge in [0.05, 0.1) is 12.7 Å². The Kier molecular flexibility index (Phi) is 5.85. The van der Waals surface area contributed by atoms with Crippen molar-refractivity contribution in [3.8, 4) is 16.9 Å². The highest BCUT2D eigenvalue weighted by Crippen LogP contribution is 2.30. The molecule has 0 amide bonds. The summed E-state index contributed by atoms with van der Waals surface area (Å²) < 4.78 is 7.34. The lowest BCUT2D eigenvalue weighted by molar-refractivity contribution is 0.341. The van der Waals surface area contributed by atoms with Crippen molar-refractivity contribution in [1.29, 1.82) is 0 Å². The summed E-state index contributed by atoms with van der Waals surface area (Å²) in [6, 6.07) is 8.45. The summed E-state index contributed by atoms with van der Waals surface area (Å²) >= 11 is 0. The molecule has 0 aliphatic heterocycles. The van der Waals surface area contributed by atoms with Gasteiger partial charge in [0.25, 0.3) is 5.56 Å². The summed E-state index contributed by atoms with van der Waals surface area (Å²) in [6.07, 6.45) is 1.81. The minimum absolute atomic E-state index is 0.0432. The number of pyridine rings is 1. The molecule has 1 aromatic carbocycles. The number of aromatic nitrogens is 1. The standard InChI is InChI=1S/C18H25N2O3Si/c1-6-23-17-9-8-14(24(22)7-2)11-15(17)13-10-16(19(3)4)18(21)20(5)12-13/h8-12,22H,6-7H2,1-5H3/q+1. The van der Waals surface area contributed by atoms with Crippen LogP contribution in [0.4, 0.5) is 5.69 Å². The topological polar surface area (TPSA) is 54.7 Å². The third-order valence-corrected chi connectivity index (χ3v) is 5.55. The van der Waals surface area contributed by atoms with E-state index in [2.05, 4.69) is 0 Å². The maximum absolute atomic E-state index is 12.3. The normalized spacial score (nSPS) is 10.6. The largest absolute Gasteiger partial charge is 0.508 e. The molecule has 0 bridgehead atoms. The van der Waals surface area contributed by atoms with Gasteiger partial charge in [0, 0.05) is 38.5 Å². The predicted molar refractivity (Wildman–Crippen MR) is 101 cm³/mol. The third-order valence-electron chi connectivity index (χ3n) is 3.90. The zero-order valence-corrected chi connectivity index (χ0v) is 16.0. The van der Waals surface area contributed by atoms with Crippen LogP contribution in [0.25, 0.3) is 11.1 Å². The first kappa shape index (κ1) is 18.3. The number of benzene rings is 1. The lowest BCUT2D eigenvalue weighted by Crippen LogP contribution is -2.29. The van der Waals surface area contributed by atoms with Gasteiger partial charge in [0.1, 0.15) is 16.6 Å².